The third kappa shape index (κ3) is 3.23. The normalized spacial score (nSPS) is 17.6. The molecule has 1 heterocycles. The smallest absolute Gasteiger partial charge is 0.142 e. The molecule has 21 heavy (non-hydrogen) atoms. The average Bonchev–Trinajstić information content (AvgIpc) is 2.96. The van der Waals surface area contributed by atoms with Gasteiger partial charge in [-0.1, -0.05) is 26.0 Å². The zero-order chi connectivity index (χ0) is 14.7. The minimum atomic E-state index is 0.316. The van der Waals surface area contributed by atoms with Crippen LogP contribution in [0, 0.1) is 5.92 Å². The highest BCUT2D eigenvalue weighted by molar-refractivity contribution is 5.57. The van der Waals surface area contributed by atoms with Crippen LogP contribution in [-0.2, 0) is 6.42 Å². The van der Waals surface area contributed by atoms with Gasteiger partial charge in [-0.25, -0.2) is 0 Å². The quantitative estimate of drug-likeness (QED) is 0.856. The van der Waals surface area contributed by atoms with E-state index in [1.54, 1.807) is 6.26 Å². The molecule has 1 aromatic carbocycles. The number of benzene rings is 1. The molecule has 0 aliphatic heterocycles. The summed E-state index contributed by atoms with van der Waals surface area (Å²) in [5.74, 6) is 2.58. The van der Waals surface area contributed by atoms with E-state index in [2.05, 4.69) is 31.3 Å². The summed E-state index contributed by atoms with van der Waals surface area (Å²) in [6, 6.07) is 10.6. The van der Waals surface area contributed by atoms with E-state index in [9.17, 15) is 0 Å². The first-order valence-corrected chi connectivity index (χ1v) is 7.78. The summed E-state index contributed by atoms with van der Waals surface area (Å²) >= 11 is 0. The van der Waals surface area contributed by atoms with Gasteiger partial charge < -0.3 is 14.5 Å². The van der Waals surface area contributed by atoms with Gasteiger partial charge in [0.25, 0.3) is 0 Å². The van der Waals surface area contributed by atoms with Crippen LogP contribution in [0.5, 0.6) is 5.75 Å². The Morgan fingerprint density at radius 2 is 2.14 bits per heavy atom. The van der Waals surface area contributed by atoms with Crippen molar-refractivity contribution in [3.8, 4) is 5.75 Å². The van der Waals surface area contributed by atoms with E-state index in [1.165, 1.54) is 5.56 Å². The maximum absolute atomic E-state index is 5.92. The molecule has 0 amide bonds. The molecule has 1 aliphatic carbocycles. The van der Waals surface area contributed by atoms with Crippen molar-refractivity contribution in [2.24, 2.45) is 5.92 Å². The number of hydrogen-bond donors (Lipinski definition) is 1. The van der Waals surface area contributed by atoms with Crippen molar-refractivity contribution in [2.75, 3.05) is 11.9 Å². The highest BCUT2D eigenvalue weighted by atomic mass is 16.5. The summed E-state index contributed by atoms with van der Waals surface area (Å²) in [6.07, 6.45) is 5.14. The van der Waals surface area contributed by atoms with E-state index in [0.717, 1.165) is 43.1 Å². The van der Waals surface area contributed by atoms with Crippen molar-refractivity contribution < 1.29 is 9.15 Å². The molecule has 1 N–H and O–H groups in total. The first kappa shape index (κ1) is 14.1. The molecule has 112 valence electrons. The molecule has 0 fully saturated rings. The van der Waals surface area contributed by atoms with Crippen LogP contribution in [0.1, 0.15) is 44.1 Å². The number of aryl methyl sites for hydroxylation is 1. The number of hydrogen-bond acceptors (Lipinski definition) is 3. The van der Waals surface area contributed by atoms with Gasteiger partial charge >= 0.3 is 0 Å². The van der Waals surface area contributed by atoms with Crippen molar-refractivity contribution in [3.05, 3.63) is 47.9 Å². The number of fused-ring (bicyclic) bond motifs is 1. The predicted octanol–water partition coefficient (Wildman–Crippen LogP) is 4.80. The molecule has 3 heteroatoms. The Morgan fingerprint density at radius 3 is 3.00 bits per heavy atom. The largest absolute Gasteiger partial charge is 0.491 e. The van der Waals surface area contributed by atoms with Crippen LogP contribution in [0.4, 0.5) is 5.69 Å². The molecule has 1 unspecified atom stereocenters. The van der Waals surface area contributed by atoms with E-state index in [4.69, 9.17) is 9.15 Å². The molecule has 0 saturated carbocycles. The van der Waals surface area contributed by atoms with Crippen LogP contribution in [0.25, 0.3) is 0 Å². The number of anilines is 1. The Bertz CT molecular complexity index is 588. The highest BCUT2D eigenvalue weighted by Crippen LogP contribution is 2.35. The van der Waals surface area contributed by atoms with E-state index in [-0.39, 0.29) is 0 Å². The zero-order valence-electron chi connectivity index (χ0n) is 12.8. The summed E-state index contributed by atoms with van der Waals surface area (Å²) in [6.45, 7) is 5.06. The summed E-state index contributed by atoms with van der Waals surface area (Å²) in [4.78, 5) is 0. The standard InChI is InChI=1S/C18H23NO2/c1-13(2)12-21-18-8-4-3-6-16(18)19-15-7-5-9-17-14(15)10-11-20-17/h3-4,6,8,10-11,13,15,19H,5,7,9,12H2,1-2H3. The number of rotatable bonds is 5. The van der Waals surface area contributed by atoms with Gasteiger partial charge in [0.05, 0.1) is 24.6 Å². The molecule has 0 radical (unpaired) electrons. The minimum Gasteiger partial charge on any atom is -0.491 e. The highest BCUT2D eigenvalue weighted by Gasteiger charge is 2.23. The lowest BCUT2D eigenvalue weighted by molar-refractivity contribution is 0.272. The lowest BCUT2D eigenvalue weighted by Gasteiger charge is -2.25. The second-order valence-electron chi connectivity index (χ2n) is 6.09. The Balaban J connectivity index is 1.77. The molecule has 2 aromatic rings. The van der Waals surface area contributed by atoms with E-state index >= 15 is 0 Å². The molecule has 0 spiro atoms. The second-order valence-corrected chi connectivity index (χ2v) is 6.09. The van der Waals surface area contributed by atoms with Crippen molar-refractivity contribution in [1.82, 2.24) is 0 Å². The van der Waals surface area contributed by atoms with Crippen molar-refractivity contribution in [1.29, 1.82) is 0 Å². The molecule has 1 aromatic heterocycles. The molecular formula is C18H23NO2. The second kappa shape index (κ2) is 6.25. The van der Waals surface area contributed by atoms with Crippen LogP contribution < -0.4 is 10.1 Å². The maximum Gasteiger partial charge on any atom is 0.142 e. The fourth-order valence-corrected chi connectivity index (χ4v) is 2.79. The molecule has 0 saturated heterocycles. The summed E-state index contributed by atoms with van der Waals surface area (Å²) in [5.41, 5.74) is 2.36. The first-order valence-electron chi connectivity index (χ1n) is 7.78. The molecule has 3 nitrogen and oxygen atoms in total. The van der Waals surface area contributed by atoms with Gasteiger partial charge in [-0.2, -0.15) is 0 Å². The zero-order valence-corrected chi connectivity index (χ0v) is 12.8. The van der Waals surface area contributed by atoms with Crippen LogP contribution in [0.3, 0.4) is 0 Å². The van der Waals surface area contributed by atoms with E-state index < -0.39 is 0 Å². The van der Waals surface area contributed by atoms with Gasteiger partial charge in [-0.05, 0) is 37.0 Å². The predicted molar refractivity (Wildman–Crippen MR) is 84.8 cm³/mol. The Labute approximate surface area is 126 Å². The summed E-state index contributed by atoms with van der Waals surface area (Å²) in [7, 11) is 0. The number of ether oxygens (including phenoxy) is 1. The fraction of sp³-hybridized carbons (Fsp3) is 0.444. The van der Waals surface area contributed by atoms with E-state index in [1.807, 2.05) is 18.2 Å². The molecule has 1 aliphatic rings. The average molecular weight is 285 g/mol. The fourth-order valence-electron chi connectivity index (χ4n) is 2.79. The molecule has 1 atom stereocenters. The number of nitrogens with one attached hydrogen (secondary N) is 1. The third-order valence-corrected chi connectivity index (χ3v) is 3.84. The molecule has 3 rings (SSSR count). The van der Waals surface area contributed by atoms with Crippen molar-refractivity contribution >= 4 is 5.69 Å². The van der Waals surface area contributed by atoms with Crippen LogP contribution in [0.2, 0.25) is 0 Å². The van der Waals surface area contributed by atoms with Gasteiger partial charge in [-0.15, -0.1) is 0 Å². The minimum absolute atomic E-state index is 0.316. The number of para-hydroxylation sites is 2. The van der Waals surface area contributed by atoms with Gasteiger partial charge in [-0.3, -0.25) is 0 Å². The van der Waals surface area contributed by atoms with E-state index in [0.29, 0.717) is 12.0 Å². The third-order valence-electron chi connectivity index (χ3n) is 3.84. The summed E-state index contributed by atoms with van der Waals surface area (Å²) < 4.78 is 11.5. The van der Waals surface area contributed by atoms with Crippen LogP contribution in [-0.4, -0.2) is 6.61 Å². The number of furan rings is 1. The van der Waals surface area contributed by atoms with Crippen molar-refractivity contribution in [3.63, 3.8) is 0 Å². The summed E-state index contributed by atoms with van der Waals surface area (Å²) in [5, 5.41) is 3.63. The topological polar surface area (TPSA) is 34.4 Å². The Kier molecular flexibility index (Phi) is 4.18. The van der Waals surface area contributed by atoms with Gasteiger partial charge in [0.1, 0.15) is 11.5 Å². The lowest BCUT2D eigenvalue weighted by Crippen LogP contribution is -2.16. The van der Waals surface area contributed by atoms with Crippen LogP contribution in [0.15, 0.2) is 41.0 Å². The van der Waals surface area contributed by atoms with Gasteiger partial charge in [0.15, 0.2) is 0 Å². The first-order chi connectivity index (χ1) is 10.2. The van der Waals surface area contributed by atoms with Crippen LogP contribution >= 0.6 is 0 Å². The van der Waals surface area contributed by atoms with Gasteiger partial charge in [0.2, 0.25) is 0 Å². The molecular weight excluding hydrogens is 262 g/mol. The SMILES string of the molecule is CC(C)COc1ccccc1NC1CCCc2occc21. The monoisotopic (exact) mass is 285 g/mol. The Morgan fingerprint density at radius 1 is 1.29 bits per heavy atom. The maximum atomic E-state index is 5.92. The molecule has 0 bridgehead atoms. The van der Waals surface area contributed by atoms with Gasteiger partial charge in [0, 0.05) is 12.0 Å². The lowest BCUT2D eigenvalue weighted by atomic mass is 9.93. The van der Waals surface area contributed by atoms with Crippen molar-refractivity contribution in [2.45, 2.75) is 39.2 Å². The Hall–Kier alpha value is -1.90.